The first kappa shape index (κ1) is 20.3. The standard InChI is InChI=1S/C19H24ClN3O2S/c1-2-21-19(23-15-16-9-6-7-12-18(16)20)22-13-8-14-26(24,25)17-10-4-3-5-11-17/h3-7,9-12H,2,8,13-15H2,1H3,(H2,21,22,23). The van der Waals surface area contributed by atoms with Gasteiger partial charge in [-0.05, 0) is 37.1 Å². The predicted molar refractivity (Wildman–Crippen MR) is 107 cm³/mol. The maximum atomic E-state index is 12.3. The summed E-state index contributed by atoms with van der Waals surface area (Å²) in [5.74, 6) is 0.734. The Hall–Kier alpha value is -2.05. The van der Waals surface area contributed by atoms with E-state index in [0.717, 1.165) is 12.1 Å². The second-order valence-electron chi connectivity index (χ2n) is 5.70. The number of rotatable bonds is 8. The fourth-order valence-electron chi connectivity index (χ4n) is 2.35. The summed E-state index contributed by atoms with van der Waals surface area (Å²) in [5, 5.41) is 7.00. The highest BCUT2D eigenvalue weighted by molar-refractivity contribution is 7.91. The SMILES string of the molecule is CCNC(=NCc1ccccc1Cl)NCCCS(=O)(=O)c1ccccc1. The predicted octanol–water partition coefficient (Wildman–Crippen LogP) is 3.26. The van der Waals surface area contributed by atoms with E-state index in [2.05, 4.69) is 15.6 Å². The molecule has 0 spiro atoms. The van der Waals surface area contributed by atoms with Crippen molar-refractivity contribution < 1.29 is 8.42 Å². The molecule has 0 saturated heterocycles. The number of nitrogens with zero attached hydrogens (tertiary/aromatic N) is 1. The van der Waals surface area contributed by atoms with Gasteiger partial charge < -0.3 is 10.6 Å². The summed E-state index contributed by atoms with van der Waals surface area (Å²) < 4.78 is 24.5. The number of guanidine groups is 1. The number of hydrogen-bond acceptors (Lipinski definition) is 3. The number of benzene rings is 2. The minimum atomic E-state index is -3.25. The van der Waals surface area contributed by atoms with Crippen molar-refractivity contribution in [1.29, 1.82) is 0 Å². The highest BCUT2D eigenvalue weighted by atomic mass is 35.5. The molecular formula is C19H24ClN3O2S. The van der Waals surface area contributed by atoms with Crippen molar-refractivity contribution in [2.45, 2.75) is 24.8 Å². The van der Waals surface area contributed by atoms with E-state index < -0.39 is 9.84 Å². The van der Waals surface area contributed by atoms with Crippen LogP contribution in [0.25, 0.3) is 0 Å². The lowest BCUT2D eigenvalue weighted by atomic mass is 10.2. The molecule has 2 aromatic carbocycles. The van der Waals surface area contributed by atoms with E-state index in [-0.39, 0.29) is 5.75 Å². The lowest BCUT2D eigenvalue weighted by molar-refractivity contribution is 0.592. The van der Waals surface area contributed by atoms with Crippen LogP contribution in [0.2, 0.25) is 5.02 Å². The van der Waals surface area contributed by atoms with Crippen molar-refractivity contribution in [2.24, 2.45) is 4.99 Å². The molecule has 0 radical (unpaired) electrons. The number of halogens is 1. The average Bonchev–Trinajstić information content (AvgIpc) is 2.65. The summed E-state index contributed by atoms with van der Waals surface area (Å²) in [5.41, 5.74) is 0.943. The number of aliphatic imine (C=N–C) groups is 1. The van der Waals surface area contributed by atoms with Gasteiger partial charge in [0.2, 0.25) is 0 Å². The zero-order chi connectivity index (χ0) is 18.8. The minimum Gasteiger partial charge on any atom is -0.357 e. The number of hydrogen-bond donors (Lipinski definition) is 2. The van der Waals surface area contributed by atoms with Crippen LogP contribution in [0.3, 0.4) is 0 Å². The topological polar surface area (TPSA) is 70.6 Å². The van der Waals surface area contributed by atoms with Crippen molar-refractivity contribution in [3.8, 4) is 0 Å². The molecule has 2 aromatic rings. The van der Waals surface area contributed by atoms with E-state index in [1.165, 1.54) is 0 Å². The fraction of sp³-hybridized carbons (Fsp3) is 0.316. The first-order valence-corrected chi connectivity index (χ1v) is 10.6. The van der Waals surface area contributed by atoms with Crippen LogP contribution in [0.4, 0.5) is 0 Å². The Balaban J connectivity index is 1.87. The molecule has 0 atom stereocenters. The van der Waals surface area contributed by atoms with Crippen molar-refractivity contribution >= 4 is 27.4 Å². The molecule has 0 heterocycles. The third-order valence-electron chi connectivity index (χ3n) is 3.69. The first-order chi connectivity index (χ1) is 12.5. The highest BCUT2D eigenvalue weighted by Crippen LogP contribution is 2.15. The molecule has 0 aliphatic carbocycles. The molecule has 7 heteroatoms. The van der Waals surface area contributed by atoms with Gasteiger partial charge in [0.15, 0.2) is 15.8 Å². The van der Waals surface area contributed by atoms with Gasteiger partial charge >= 0.3 is 0 Å². The molecule has 0 aliphatic heterocycles. The van der Waals surface area contributed by atoms with Gasteiger partial charge in [-0.1, -0.05) is 48.0 Å². The summed E-state index contributed by atoms with van der Waals surface area (Å²) in [6.45, 7) is 3.67. The highest BCUT2D eigenvalue weighted by Gasteiger charge is 2.13. The van der Waals surface area contributed by atoms with Crippen LogP contribution in [0, 0.1) is 0 Å². The Morgan fingerprint density at radius 2 is 1.73 bits per heavy atom. The van der Waals surface area contributed by atoms with E-state index in [0.29, 0.717) is 35.4 Å². The monoisotopic (exact) mass is 393 g/mol. The van der Waals surface area contributed by atoms with E-state index in [9.17, 15) is 8.42 Å². The molecule has 2 N–H and O–H groups in total. The van der Waals surface area contributed by atoms with E-state index in [1.54, 1.807) is 30.3 Å². The lowest BCUT2D eigenvalue weighted by Crippen LogP contribution is -2.38. The minimum absolute atomic E-state index is 0.0912. The van der Waals surface area contributed by atoms with Crippen LogP contribution in [-0.4, -0.2) is 33.2 Å². The molecule has 0 aliphatic rings. The summed E-state index contributed by atoms with van der Waals surface area (Å²) >= 11 is 6.14. The third-order valence-corrected chi connectivity index (χ3v) is 5.88. The van der Waals surface area contributed by atoms with E-state index in [4.69, 9.17) is 11.6 Å². The lowest BCUT2D eigenvalue weighted by Gasteiger charge is -2.12. The second kappa shape index (κ2) is 10.2. The van der Waals surface area contributed by atoms with Gasteiger partial charge in [0.1, 0.15) is 0 Å². The summed E-state index contributed by atoms with van der Waals surface area (Å²) in [6, 6.07) is 16.1. The second-order valence-corrected chi connectivity index (χ2v) is 8.22. The van der Waals surface area contributed by atoms with Crippen LogP contribution in [0.5, 0.6) is 0 Å². The van der Waals surface area contributed by atoms with Gasteiger partial charge in [-0.25, -0.2) is 13.4 Å². The van der Waals surface area contributed by atoms with E-state index >= 15 is 0 Å². The maximum absolute atomic E-state index is 12.3. The third kappa shape index (κ3) is 6.35. The van der Waals surface area contributed by atoms with Crippen molar-refractivity contribution in [3.63, 3.8) is 0 Å². The number of nitrogens with one attached hydrogen (secondary N) is 2. The maximum Gasteiger partial charge on any atom is 0.191 e. The summed E-state index contributed by atoms with van der Waals surface area (Å²) in [6.07, 6.45) is 0.494. The van der Waals surface area contributed by atoms with Gasteiger partial charge in [-0.15, -0.1) is 0 Å². The molecule has 0 saturated carbocycles. The van der Waals surface area contributed by atoms with Crippen LogP contribution >= 0.6 is 11.6 Å². The molecule has 0 fully saturated rings. The normalized spacial score (nSPS) is 12.0. The first-order valence-electron chi connectivity index (χ1n) is 8.56. The number of sulfone groups is 1. The quantitative estimate of drug-likeness (QED) is 0.410. The molecule has 0 unspecified atom stereocenters. The molecular weight excluding hydrogens is 370 g/mol. The Morgan fingerprint density at radius 3 is 2.42 bits per heavy atom. The average molecular weight is 394 g/mol. The Bertz CT molecular complexity index is 824. The zero-order valence-corrected chi connectivity index (χ0v) is 16.4. The molecule has 0 aromatic heterocycles. The van der Waals surface area contributed by atoms with E-state index in [1.807, 2.05) is 31.2 Å². The molecule has 0 amide bonds. The Labute approximate surface area is 160 Å². The molecule has 2 rings (SSSR count). The molecule has 140 valence electrons. The van der Waals surface area contributed by atoms with Crippen LogP contribution in [-0.2, 0) is 16.4 Å². The van der Waals surface area contributed by atoms with Gasteiger partial charge in [-0.2, -0.15) is 0 Å². The molecule has 0 bridgehead atoms. The fourth-order valence-corrected chi connectivity index (χ4v) is 3.87. The smallest absolute Gasteiger partial charge is 0.191 e. The van der Waals surface area contributed by atoms with Crippen LogP contribution < -0.4 is 10.6 Å². The molecule has 26 heavy (non-hydrogen) atoms. The van der Waals surface area contributed by atoms with Gasteiger partial charge in [0.05, 0.1) is 17.2 Å². The Kier molecular flexibility index (Phi) is 7.94. The van der Waals surface area contributed by atoms with Gasteiger partial charge in [0.25, 0.3) is 0 Å². The zero-order valence-electron chi connectivity index (χ0n) is 14.8. The van der Waals surface area contributed by atoms with Gasteiger partial charge in [0, 0.05) is 18.1 Å². The van der Waals surface area contributed by atoms with Crippen LogP contribution in [0.1, 0.15) is 18.9 Å². The largest absolute Gasteiger partial charge is 0.357 e. The molecule has 5 nitrogen and oxygen atoms in total. The summed E-state index contributed by atoms with van der Waals surface area (Å²) in [4.78, 5) is 4.86. The van der Waals surface area contributed by atoms with Crippen molar-refractivity contribution in [3.05, 3.63) is 65.2 Å². The summed E-state index contributed by atoms with van der Waals surface area (Å²) in [7, 11) is -3.25. The van der Waals surface area contributed by atoms with Crippen molar-refractivity contribution in [1.82, 2.24) is 10.6 Å². The van der Waals surface area contributed by atoms with Gasteiger partial charge in [-0.3, -0.25) is 0 Å². The Morgan fingerprint density at radius 1 is 1.04 bits per heavy atom. The van der Waals surface area contributed by atoms with Crippen molar-refractivity contribution in [2.75, 3.05) is 18.8 Å². The van der Waals surface area contributed by atoms with Crippen LogP contribution in [0.15, 0.2) is 64.5 Å².